The molecule has 1 saturated carbocycles. The summed E-state index contributed by atoms with van der Waals surface area (Å²) in [6.07, 6.45) is 2.03. The summed E-state index contributed by atoms with van der Waals surface area (Å²) in [5.74, 6) is -0.0516. The van der Waals surface area contributed by atoms with E-state index in [1.54, 1.807) is 18.2 Å². The van der Waals surface area contributed by atoms with E-state index in [2.05, 4.69) is 31.7 Å². The number of amidine groups is 1. The van der Waals surface area contributed by atoms with Gasteiger partial charge in [-0.05, 0) is 31.0 Å². The van der Waals surface area contributed by atoms with Crippen molar-refractivity contribution in [3.05, 3.63) is 28.2 Å². The molecule has 1 fully saturated rings. The SMILES string of the molecule is N/C(=N/O)c1ccc(Br)cc1NC(=O)NC1CC1. The minimum absolute atomic E-state index is 0.0516. The van der Waals surface area contributed by atoms with E-state index in [1.807, 2.05) is 0 Å². The Labute approximate surface area is 112 Å². The highest BCUT2D eigenvalue weighted by atomic mass is 79.9. The van der Waals surface area contributed by atoms with Gasteiger partial charge in [0.2, 0.25) is 0 Å². The fraction of sp³-hybridized carbons (Fsp3) is 0.273. The number of oxime groups is 1. The van der Waals surface area contributed by atoms with Gasteiger partial charge in [0.15, 0.2) is 5.84 Å². The molecule has 0 saturated heterocycles. The van der Waals surface area contributed by atoms with Crippen LogP contribution in [0.4, 0.5) is 10.5 Å². The van der Waals surface area contributed by atoms with E-state index in [-0.39, 0.29) is 17.9 Å². The topological polar surface area (TPSA) is 99.7 Å². The lowest BCUT2D eigenvalue weighted by atomic mass is 10.1. The van der Waals surface area contributed by atoms with Gasteiger partial charge >= 0.3 is 6.03 Å². The van der Waals surface area contributed by atoms with Crippen molar-refractivity contribution >= 4 is 33.5 Å². The predicted octanol–water partition coefficient (Wildman–Crippen LogP) is 1.83. The molecule has 1 aliphatic rings. The fourth-order valence-corrected chi connectivity index (χ4v) is 1.83. The summed E-state index contributed by atoms with van der Waals surface area (Å²) in [4.78, 5) is 11.7. The Balaban J connectivity index is 2.18. The number of carbonyl (C=O) groups is 1. The number of nitrogens with one attached hydrogen (secondary N) is 2. The molecular formula is C11H13BrN4O2. The molecule has 0 heterocycles. The number of anilines is 1. The second kappa shape index (κ2) is 5.26. The standard InChI is InChI=1S/C11H13BrN4O2/c12-6-1-4-8(10(13)16-18)9(5-6)15-11(17)14-7-2-3-7/h1,4-5,7,18H,2-3H2,(H2,13,16)(H2,14,15,17). The normalized spacial score (nSPS) is 15.3. The van der Waals surface area contributed by atoms with Crippen LogP contribution in [0.2, 0.25) is 0 Å². The van der Waals surface area contributed by atoms with Crippen LogP contribution >= 0.6 is 15.9 Å². The first-order valence-electron chi connectivity index (χ1n) is 5.45. The maximum Gasteiger partial charge on any atom is 0.319 e. The van der Waals surface area contributed by atoms with Crippen LogP contribution in [0.5, 0.6) is 0 Å². The molecule has 1 aliphatic carbocycles. The van der Waals surface area contributed by atoms with E-state index in [9.17, 15) is 4.79 Å². The van der Waals surface area contributed by atoms with Gasteiger partial charge in [-0.3, -0.25) is 0 Å². The molecule has 5 N–H and O–H groups in total. The third kappa shape index (κ3) is 3.13. The number of hydrogen-bond acceptors (Lipinski definition) is 3. The second-order valence-electron chi connectivity index (χ2n) is 4.05. The van der Waals surface area contributed by atoms with Crippen molar-refractivity contribution in [2.24, 2.45) is 10.9 Å². The highest BCUT2D eigenvalue weighted by Gasteiger charge is 2.23. The summed E-state index contributed by atoms with van der Waals surface area (Å²) < 4.78 is 0.790. The molecule has 96 valence electrons. The first-order valence-corrected chi connectivity index (χ1v) is 6.24. The summed E-state index contributed by atoms with van der Waals surface area (Å²) >= 11 is 3.31. The van der Waals surface area contributed by atoms with Crippen LogP contribution in [0.25, 0.3) is 0 Å². The van der Waals surface area contributed by atoms with Gasteiger partial charge in [0.25, 0.3) is 0 Å². The molecule has 0 aromatic heterocycles. The van der Waals surface area contributed by atoms with Crippen LogP contribution in [-0.4, -0.2) is 23.1 Å². The van der Waals surface area contributed by atoms with Gasteiger partial charge in [0.05, 0.1) is 5.69 Å². The molecule has 18 heavy (non-hydrogen) atoms. The molecule has 0 spiro atoms. The van der Waals surface area contributed by atoms with Crippen molar-refractivity contribution in [1.29, 1.82) is 0 Å². The van der Waals surface area contributed by atoms with Gasteiger partial charge in [-0.15, -0.1) is 0 Å². The number of carbonyl (C=O) groups excluding carboxylic acids is 1. The van der Waals surface area contributed by atoms with Gasteiger partial charge in [-0.1, -0.05) is 21.1 Å². The number of amides is 2. The molecule has 1 aromatic rings. The maximum absolute atomic E-state index is 11.7. The third-order valence-electron chi connectivity index (χ3n) is 2.53. The zero-order valence-electron chi connectivity index (χ0n) is 9.48. The van der Waals surface area contributed by atoms with E-state index in [0.717, 1.165) is 17.3 Å². The van der Waals surface area contributed by atoms with Gasteiger partial charge in [0, 0.05) is 16.1 Å². The molecule has 0 unspecified atom stereocenters. The van der Waals surface area contributed by atoms with Crippen molar-refractivity contribution in [1.82, 2.24) is 5.32 Å². The first kappa shape index (κ1) is 12.7. The summed E-state index contributed by atoms with van der Waals surface area (Å²) in [5.41, 5.74) is 6.50. The van der Waals surface area contributed by atoms with Crippen molar-refractivity contribution in [2.75, 3.05) is 5.32 Å². The van der Waals surface area contributed by atoms with Crippen molar-refractivity contribution in [2.45, 2.75) is 18.9 Å². The largest absolute Gasteiger partial charge is 0.409 e. The minimum Gasteiger partial charge on any atom is -0.409 e. The lowest BCUT2D eigenvalue weighted by molar-refractivity contribution is 0.251. The quantitative estimate of drug-likeness (QED) is 0.296. The third-order valence-corrected chi connectivity index (χ3v) is 3.02. The maximum atomic E-state index is 11.7. The summed E-state index contributed by atoms with van der Waals surface area (Å²) in [6, 6.07) is 5.08. The number of hydrogen-bond donors (Lipinski definition) is 4. The van der Waals surface area contributed by atoms with Gasteiger partial charge in [0.1, 0.15) is 0 Å². The average Bonchev–Trinajstić information content (AvgIpc) is 3.12. The van der Waals surface area contributed by atoms with E-state index >= 15 is 0 Å². The number of benzene rings is 1. The van der Waals surface area contributed by atoms with Crippen LogP contribution in [-0.2, 0) is 0 Å². The Kier molecular flexibility index (Phi) is 3.71. The molecule has 7 heteroatoms. The van der Waals surface area contributed by atoms with E-state index < -0.39 is 0 Å². The molecule has 0 aliphatic heterocycles. The predicted molar refractivity (Wildman–Crippen MR) is 71.8 cm³/mol. The van der Waals surface area contributed by atoms with Gasteiger partial charge in [-0.25, -0.2) is 4.79 Å². The Morgan fingerprint density at radius 1 is 1.50 bits per heavy atom. The second-order valence-corrected chi connectivity index (χ2v) is 4.96. The van der Waals surface area contributed by atoms with Crippen molar-refractivity contribution in [3.8, 4) is 0 Å². The zero-order chi connectivity index (χ0) is 13.1. The Morgan fingerprint density at radius 2 is 2.22 bits per heavy atom. The number of urea groups is 1. The monoisotopic (exact) mass is 312 g/mol. The fourth-order valence-electron chi connectivity index (χ4n) is 1.47. The lowest BCUT2D eigenvalue weighted by Crippen LogP contribution is -2.31. The first-order chi connectivity index (χ1) is 8.60. The summed E-state index contributed by atoms with van der Waals surface area (Å²) in [5, 5.41) is 17.1. The molecule has 2 amide bonds. The number of halogens is 1. The smallest absolute Gasteiger partial charge is 0.319 e. The zero-order valence-corrected chi connectivity index (χ0v) is 11.1. The Morgan fingerprint density at radius 3 is 2.83 bits per heavy atom. The molecule has 2 rings (SSSR count). The number of rotatable bonds is 3. The van der Waals surface area contributed by atoms with Crippen LogP contribution in [0.15, 0.2) is 27.8 Å². The lowest BCUT2D eigenvalue weighted by Gasteiger charge is -2.11. The molecule has 0 radical (unpaired) electrons. The van der Waals surface area contributed by atoms with E-state index in [0.29, 0.717) is 11.3 Å². The van der Waals surface area contributed by atoms with Gasteiger partial charge in [-0.2, -0.15) is 0 Å². The van der Waals surface area contributed by atoms with Crippen LogP contribution in [0.3, 0.4) is 0 Å². The Bertz CT molecular complexity index is 500. The molecular weight excluding hydrogens is 300 g/mol. The molecule has 1 aromatic carbocycles. The molecule has 0 atom stereocenters. The highest BCUT2D eigenvalue weighted by Crippen LogP contribution is 2.22. The summed E-state index contributed by atoms with van der Waals surface area (Å²) in [6.45, 7) is 0. The molecule has 0 bridgehead atoms. The minimum atomic E-state index is -0.289. The van der Waals surface area contributed by atoms with Crippen molar-refractivity contribution in [3.63, 3.8) is 0 Å². The number of nitrogens with two attached hydrogens (primary N) is 1. The summed E-state index contributed by atoms with van der Waals surface area (Å²) in [7, 11) is 0. The highest BCUT2D eigenvalue weighted by molar-refractivity contribution is 9.10. The van der Waals surface area contributed by atoms with Gasteiger partial charge < -0.3 is 21.6 Å². The number of nitrogens with zero attached hydrogens (tertiary/aromatic N) is 1. The van der Waals surface area contributed by atoms with Crippen LogP contribution in [0.1, 0.15) is 18.4 Å². The average molecular weight is 313 g/mol. The Hall–Kier alpha value is -1.76. The van der Waals surface area contributed by atoms with Crippen LogP contribution < -0.4 is 16.4 Å². The van der Waals surface area contributed by atoms with Crippen molar-refractivity contribution < 1.29 is 10.0 Å². The van der Waals surface area contributed by atoms with E-state index in [1.165, 1.54) is 0 Å². The van der Waals surface area contributed by atoms with E-state index in [4.69, 9.17) is 10.9 Å². The van der Waals surface area contributed by atoms with Crippen LogP contribution in [0, 0.1) is 0 Å². The molecule has 6 nitrogen and oxygen atoms in total.